The van der Waals surface area contributed by atoms with Gasteiger partial charge in [-0.3, -0.25) is 0 Å². The molecule has 1 fully saturated rings. The highest BCUT2D eigenvalue weighted by molar-refractivity contribution is 5.77. The molecule has 2 amide bonds. The second-order valence-corrected chi connectivity index (χ2v) is 3.30. The average molecular weight is 156 g/mol. The first-order valence-electron chi connectivity index (χ1n) is 4.22. The summed E-state index contributed by atoms with van der Waals surface area (Å²) in [5, 5.41) is 2.92. The zero-order valence-electron chi connectivity index (χ0n) is 7.42. The van der Waals surface area contributed by atoms with Crippen molar-refractivity contribution in [1.82, 2.24) is 10.2 Å². The molecule has 0 aromatic heterocycles. The van der Waals surface area contributed by atoms with Gasteiger partial charge in [0, 0.05) is 18.6 Å². The lowest BCUT2D eigenvalue weighted by Gasteiger charge is -2.18. The van der Waals surface area contributed by atoms with Crippen LogP contribution in [0.2, 0.25) is 0 Å². The van der Waals surface area contributed by atoms with Crippen LogP contribution in [-0.4, -0.2) is 29.6 Å². The maximum absolute atomic E-state index is 11.2. The Bertz CT molecular complexity index is 156. The summed E-state index contributed by atoms with van der Waals surface area (Å²) >= 11 is 0. The van der Waals surface area contributed by atoms with Gasteiger partial charge in [0.2, 0.25) is 0 Å². The van der Waals surface area contributed by atoms with Gasteiger partial charge < -0.3 is 10.2 Å². The van der Waals surface area contributed by atoms with Crippen LogP contribution in [0, 0.1) is 0 Å². The van der Waals surface area contributed by atoms with Crippen molar-refractivity contribution in [2.45, 2.75) is 39.3 Å². The number of carbonyl (C=O) groups excluding carboxylic acids is 1. The highest BCUT2D eigenvalue weighted by atomic mass is 16.2. The normalized spacial score (nSPS) is 24.5. The SMILES string of the molecule is CCC1CN(C(C)C)C(=O)N1. The van der Waals surface area contributed by atoms with Gasteiger partial charge in [0.15, 0.2) is 0 Å². The number of hydrogen-bond donors (Lipinski definition) is 1. The van der Waals surface area contributed by atoms with Gasteiger partial charge in [-0.1, -0.05) is 6.92 Å². The lowest BCUT2D eigenvalue weighted by Crippen LogP contribution is -2.33. The van der Waals surface area contributed by atoms with E-state index in [2.05, 4.69) is 12.2 Å². The summed E-state index contributed by atoms with van der Waals surface area (Å²) in [4.78, 5) is 13.1. The van der Waals surface area contributed by atoms with E-state index in [1.807, 2.05) is 18.7 Å². The van der Waals surface area contributed by atoms with E-state index in [0.717, 1.165) is 13.0 Å². The molecule has 0 aliphatic carbocycles. The molecule has 0 saturated carbocycles. The van der Waals surface area contributed by atoms with Gasteiger partial charge in [-0.25, -0.2) is 4.79 Å². The third-order valence-corrected chi connectivity index (χ3v) is 2.12. The zero-order valence-corrected chi connectivity index (χ0v) is 7.42. The largest absolute Gasteiger partial charge is 0.333 e. The fourth-order valence-corrected chi connectivity index (χ4v) is 1.30. The van der Waals surface area contributed by atoms with Crippen molar-refractivity contribution in [3.05, 3.63) is 0 Å². The highest BCUT2D eigenvalue weighted by Crippen LogP contribution is 2.09. The summed E-state index contributed by atoms with van der Waals surface area (Å²) in [7, 11) is 0. The molecule has 0 bridgehead atoms. The summed E-state index contributed by atoms with van der Waals surface area (Å²) in [5.74, 6) is 0. The first-order chi connectivity index (χ1) is 5.15. The van der Waals surface area contributed by atoms with E-state index in [-0.39, 0.29) is 6.03 Å². The van der Waals surface area contributed by atoms with E-state index >= 15 is 0 Å². The molecule has 1 unspecified atom stereocenters. The Morgan fingerprint density at radius 2 is 2.36 bits per heavy atom. The van der Waals surface area contributed by atoms with Crippen LogP contribution in [0.3, 0.4) is 0 Å². The van der Waals surface area contributed by atoms with Gasteiger partial charge in [0.25, 0.3) is 0 Å². The third-order valence-electron chi connectivity index (χ3n) is 2.12. The van der Waals surface area contributed by atoms with Gasteiger partial charge in [0.05, 0.1) is 0 Å². The van der Waals surface area contributed by atoms with Crippen LogP contribution in [0.1, 0.15) is 27.2 Å². The smallest absolute Gasteiger partial charge is 0.317 e. The Morgan fingerprint density at radius 1 is 1.73 bits per heavy atom. The minimum atomic E-state index is 0.0897. The van der Waals surface area contributed by atoms with Crippen LogP contribution in [0.5, 0.6) is 0 Å². The fraction of sp³-hybridized carbons (Fsp3) is 0.875. The van der Waals surface area contributed by atoms with E-state index < -0.39 is 0 Å². The van der Waals surface area contributed by atoms with E-state index in [9.17, 15) is 4.79 Å². The Balaban J connectivity index is 2.52. The molecule has 1 atom stereocenters. The molecule has 11 heavy (non-hydrogen) atoms. The number of amides is 2. The molecule has 0 spiro atoms. The Kier molecular flexibility index (Phi) is 2.37. The molecule has 1 saturated heterocycles. The molecular formula is C8H16N2O. The number of nitrogens with zero attached hydrogens (tertiary/aromatic N) is 1. The maximum Gasteiger partial charge on any atom is 0.317 e. The molecule has 0 aromatic carbocycles. The van der Waals surface area contributed by atoms with Crippen molar-refractivity contribution in [3.8, 4) is 0 Å². The summed E-state index contributed by atoms with van der Waals surface area (Å²) < 4.78 is 0. The van der Waals surface area contributed by atoms with Crippen LogP contribution < -0.4 is 5.32 Å². The first-order valence-corrected chi connectivity index (χ1v) is 4.22. The van der Waals surface area contributed by atoms with Crippen molar-refractivity contribution in [2.75, 3.05) is 6.54 Å². The fourth-order valence-electron chi connectivity index (χ4n) is 1.30. The van der Waals surface area contributed by atoms with Gasteiger partial charge >= 0.3 is 6.03 Å². The molecule has 0 aromatic rings. The summed E-state index contributed by atoms with van der Waals surface area (Å²) in [6.45, 7) is 7.04. The Hall–Kier alpha value is -0.730. The van der Waals surface area contributed by atoms with Crippen LogP contribution in [0.15, 0.2) is 0 Å². The summed E-state index contributed by atoms with van der Waals surface area (Å²) in [6, 6.07) is 0.781. The van der Waals surface area contributed by atoms with Gasteiger partial charge in [-0.05, 0) is 20.3 Å². The van der Waals surface area contributed by atoms with Crippen LogP contribution in [0.4, 0.5) is 4.79 Å². The van der Waals surface area contributed by atoms with E-state index in [0.29, 0.717) is 12.1 Å². The molecular weight excluding hydrogens is 140 g/mol. The monoisotopic (exact) mass is 156 g/mol. The van der Waals surface area contributed by atoms with Gasteiger partial charge in [-0.2, -0.15) is 0 Å². The van der Waals surface area contributed by atoms with E-state index in [1.165, 1.54) is 0 Å². The maximum atomic E-state index is 11.2. The van der Waals surface area contributed by atoms with Crippen molar-refractivity contribution < 1.29 is 4.79 Å². The quantitative estimate of drug-likeness (QED) is 0.640. The molecule has 0 radical (unpaired) electrons. The minimum absolute atomic E-state index is 0.0897. The van der Waals surface area contributed by atoms with Crippen LogP contribution >= 0.6 is 0 Å². The second kappa shape index (κ2) is 3.11. The number of rotatable bonds is 2. The molecule has 1 N–H and O–H groups in total. The molecule has 1 heterocycles. The number of nitrogens with one attached hydrogen (secondary N) is 1. The van der Waals surface area contributed by atoms with Crippen LogP contribution in [0.25, 0.3) is 0 Å². The van der Waals surface area contributed by atoms with Gasteiger partial charge in [-0.15, -0.1) is 0 Å². The summed E-state index contributed by atoms with van der Waals surface area (Å²) in [5.41, 5.74) is 0. The molecule has 1 rings (SSSR count). The lowest BCUT2D eigenvalue weighted by atomic mass is 10.2. The van der Waals surface area contributed by atoms with Crippen molar-refractivity contribution in [2.24, 2.45) is 0 Å². The van der Waals surface area contributed by atoms with Crippen LogP contribution in [-0.2, 0) is 0 Å². The number of urea groups is 1. The minimum Gasteiger partial charge on any atom is -0.333 e. The topological polar surface area (TPSA) is 32.3 Å². The van der Waals surface area contributed by atoms with Crippen molar-refractivity contribution in [1.29, 1.82) is 0 Å². The predicted octanol–water partition coefficient (Wildman–Crippen LogP) is 1.20. The van der Waals surface area contributed by atoms with Gasteiger partial charge in [0.1, 0.15) is 0 Å². The summed E-state index contributed by atoms with van der Waals surface area (Å²) in [6.07, 6.45) is 1.02. The Morgan fingerprint density at radius 3 is 2.64 bits per heavy atom. The highest BCUT2D eigenvalue weighted by Gasteiger charge is 2.28. The first kappa shape index (κ1) is 8.37. The third kappa shape index (κ3) is 1.64. The van der Waals surface area contributed by atoms with Crippen molar-refractivity contribution in [3.63, 3.8) is 0 Å². The standard InChI is InChI=1S/C8H16N2O/c1-4-7-5-10(6(2)3)8(11)9-7/h6-7H,4-5H2,1-3H3,(H,9,11). The average Bonchev–Trinajstić information content (AvgIpc) is 2.30. The Labute approximate surface area is 67.8 Å². The molecule has 1 aliphatic heterocycles. The molecule has 1 aliphatic rings. The van der Waals surface area contributed by atoms with Crippen molar-refractivity contribution >= 4 is 6.03 Å². The van der Waals surface area contributed by atoms with E-state index in [4.69, 9.17) is 0 Å². The number of hydrogen-bond acceptors (Lipinski definition) is 1. The molecule has 64 valence electrons. The molecule has 3 nitrogen and oxygen atoms in total. The predicted molar refractivity (Wildman–Crippen MR) is 44.5 cm³/mol. The lowest BCUT2D eigenvalue weighted by molar-refractivity contribution is 0.206. The van der Waals surface area contributed by atoms with E-state index in [1.54, 1.807) is 0 Å². The number of carbonyl (C=O) groups is 1. The molecule has 3 heteroatoms. The zero-order chi connectivity index (χ0) is 8.43. The second-order valence-electron chi connectivity index (χ2n) is 3.30.